The first-order chi connectivity index (χ1) is 9.20. The Balaban J connectivity index is 2.31. The van der Waals surface area contributed by atoms with E-state index in [1.54, 1.807) is 47.9 Å². The van der Waals surface area contributed by atoms with E-state index in [1.165, 1.54) is 0 Å². The molecule has 0 saturated carbocycles. The van der Waals surface area contributed by atoms with Crippen molar-refractivity contribution < 1.29 is 4.39 Å². The number of fused-ring (bicyclic) bond motifs is 1. The van der Waals surface area contributed by atoms with Crippen LogP contribution in [-0.4, -0.2) is 14.6 Å². The van der Waals surface area contributed by atoms with Crippen LogP contribution in [0.3, 0.4) is 0 Å². The molecule has 0 fully saturated rings. The van der Waals surface area contributed by atoms with Gasteiger partial charge in [0.15, 0.2) is 11.5 Å². The van der Waals surface area contributed by atoms with Crippen molar-refractivity contribution in [3.63, 3.8) is 0 Å². The van der Waals surface area contributed by atoms with Crippen LogP contribution in [-0.2, 0) is 0 Å². The summed E-state index contributed by atoms with van der Waals surface area (Å²) in [4.78, 5) is 0. The molecule has 0 aliphatic heterocycles. The van der Waals surface area contributed by atoms with Crippen molar-refractivity contribution in [3.05, 3.63) is 53.5 Å². The Morgan fingerprint density at radius 1 is 1.21 bits per heavy atom. The fraction of sp³-hybridized carbons (Fsp3) is 0.0714. The SMILES string of the molecule is Cc1cccc(-c2nnc3ccc(C#N)cn23)c1F. The Morgan fingerprint density at radius 3 is 2.84 bits per heavy atom. The maximum atomic E-state index is 14.1. The highest BCUT2D eigenvalue weighted by atomic mass is 19.1. The van der Waals surface area contributed by atoms with Gasteiger partial charge in [-0.25, -0.2) is 4.39 Å². The molecule has 19 heavy (non-hydrogen) atoms. The lowest BCUT2D eigenvalue weighted by Crippen LogP contribution is -1.94. The van der Waals surface area contributed by atoms with Gasteiger partial charge in [0.05, 0.1) is 11.1 Å². The number of pyridine rings is 1. The average molecular weight is 252 g/mol. The summed E-state index contributed by atoms with van der Waals surface area (Å²) in [6, 6.07) is 10.5. The van der Waals surface area contributed by atoms with Crippen molar-refractivity contribution in [2.45, 2.75) is 6.92 Å². The van der Waals surface area contributed by atoms with Crippen molar-refractivity contribution in [3.8, 4) is 17.5 Å². The van der Waals surface area contributed by atoms with Crippen molar-refractivity contribution in [1.29, 1.82) is 5.26 Å². The summed E-state index contributed by atoms with van der Waals surface area (Å²) in [6.45, 7) is 1.70. The van der Waals surface area contributed by atoms with Crippen molar-refractivity contribution >= 4 is 5.65 Å². The third-order valence-corrected chi connectivity index (χ3v) is 2.96. The molecule has 0 amide bonds. The van der Waals surface area contributed by atoms with E-state index in [9.17, 15) is 4.39 Å². The molecule has 5 heteroatoms. The third kappa shape index (κ3) is 1.74. The summed E-state index contributed by atoms with van der Waals surface area (Å²) in [7, 11) is 0. The molecule has 0 N–H and O–H groups in total. The molecule has 1 aromatic carbocycles. The average Bonchev–Trinajstić information content (AvgIpc) is 2.84. The van der Waals surface area contributed by atoms with Gasteiger partial charge >= 0.3 is 0 Å². The molecule has 0 saturated heterocycles. The minimum atomic E-state index is -0.320. The van der Waals surface area contributed by atoms with Crippen LogP contribution in [0.5, 0.6) is 0 Å². The summed E-state index contributed by atoms with van der Waals surface area (Å²) in [5.41, 5.74) is 1.98. The number of nitrogens with zero attached hydrogens (tertiary/aromatic N) is 4. The monoisotopic (exact) mass is 252 g/mol. The number of halogens is 1. The lowest BCUT2D eigenvalue weighted by molar-refractivity contribution is 0.620. The van der Waals surface area contributed by atoms with E-state index in [0.29, 0.717) is 28.2 Å². The number of nitriles is 1. The molecule has 92 valence electrons. The fourth-order valence-electron chi connectivity index (χ4n) is 1.96. The molecule has 3 aromatic rings. The molecule has 0 bridgehead atoms. The highest BCUT2D eigenvalue weighted by Gasteiger charge is 2.13. The topological polar surface area (TPSA) is 54.0 Å². The molecule has 0 atom stereocenters. The molecule has 0 unspecified atom stereocenters. The molecule has 2 heterocycles. The minimum absolute atomic E-state index is 0.320. The number of hydrogen-bond acceptors (Lipinski definition) is 3. The van der Waals surface area contributed by atoms with E-state index >= 15 is 0 Å². The minimum Gasteiger partial charge on any atom is -0.281 e. The van der Waals surface area contributed by atoms with Crippen LogP contribution in [0.2, 0.25) is 0 Å². The van der Waals surface area contributed by atoms with E-state index in [2.05, 4.69) is 10.2 Å². The van der Waals surface area contributed by atoms with Gasteiger partial charge in [-0.05, 0) is 30.7 Å². The van der Waals surface area contributed by atoms with Gasteiger partial charge < -0.3 is 0 Å². The van der Waals surface area contributed by atoms with Crippen LogP contribution in [0.15, 0.2) is 36.5 Å². The second-order valence-electron chi connectivity index (χ2n) is 4.22. The summed E-state index contributed by atoms with van der Waals surface area (Å²) < 4.78 is 15.8. The molecular weight excluding hydrogens is 243 g/mol. The third-order valence-electron chi connectivity index (χ3n) is 2.96. The zero-order chi connectivity index (χ0) is 13.4. The first-order valence-electron chi connectivity index (χ1n) is 5.71. The first kappa shape index (κ1) is 11.4. The normalized spacial score (nSPS) is 10.6. The molecule has 2 aromatic heterocycles. The van der Waals surface area contributed by atoms with Gasteiger partial charge in [-0.2, -0.15) is 5.26 Å². The molecule has 4 nitrogen and oxygen atoms in total. The van der Waals surface area contributed by atoms with Crippen molar-refractivity contribution in [2.75, 3.05) is 0 Å². The second-order valence-corrected chi connectivity index (χ2v) is 4.22. The van der Waals surface area contributed by atoms with Gasteiger partial charge in [0.25, 0.3) is 0 Å². The van der Waals surface area contributed by atoms with Crippen LogP contribution in [0.4, 0.5) is 4.39 Å². The van der Waals surface area contributed by atoms with Crippen molar-refractivity contribution in [2.24, 2.45) is 0 Å². The lowest BCUT2D eigenvalue weighted by atomic mass is 10.1. The van der Waals surface area contributed by atoms with Gasteiger partial charge in [-0.1, -0.05) is 12.1 Å². The quantitative estimate of drug-likeness (QED) is 0.669. The molecule has 3 rings (SSSR count). The highest BCUT2D eigenvalue weighted by molar-refractivity contribution is 5.61. The van der Waals surface area contributed by atoms with Gasteiger partial charge in [0, 0.05) is 6.20 Å². The molecule has 0 radical (unpaired) electrons. The van der Waals surface area contributed by atoms with Gasteiger partial charge in [0.1, 0.15) is 11.9 Å². The Labute approximate surface area is 108 Å². The fourth-order valence-corrected chi connectivity index (χ4v) is 1.96. The summed E-state index contributed by atoms with van der Waals surface area (Å²) in [5.74, 6) is 0.0764. The predicted octanol–water partition coefficient (Wildman–Crippen LogP) is 2.72. The number of aryl methyl sites for hydroxylation is 1. The number of aromatic nitrogens is 3. The lowest BCUT2D eigenvalue weighted by Gasteiger charge is -2.04. The maximum absolute atomic E-state index is 14.1. The zero-order valence-electron chi connectivity index (χ0n) is 10.1. The number of hydrogen-bond donors (Lipinski definition) is 0. The van der Waals surface area contributed by atoms with Gasteiger partial charge in [0.2, 0.25) is 0 Å². The van der Waals surface area contributed by atoms with Gasteiger partial charge in [-0.15, -0.1) is 10.2 Å². The Bertz CT molecular complexity index is 814. The highest BCUT2D eigenvalue weighted by Crippen LogP contribution is 2.23. The Hall–Kier alpha value is -2.74. The van der Waals surface area contributed by atoms with E-state index in [-0.39, 0.29) is 5.82 Å². The second kappa shape index (κ2) is 4.18. The largest absolute Gasteiger partial charge is 0.281 e. The molecule has 0 aliphatic carbocycles. The molecule has 0 spiro atoms. The van der Waals surface area contributed by atoms with Crippen LogP contribution >= 0.6 is 0 Å². The van der Waals surface area contributed by atoms with Crippen LogP contribution < -0.4 is 0 Å². The number of rotatable bonds is 1. The first-order valence-corrected chi connectivity index (χ1v) is 5.71. The van der Waals surface area contributed by atoms with E-state index in [0.717, 1.165) is 0 Å². The molecule has 0 aliphatic rings. The maximum Gasteiger partial charge on any atom is 0.171 e. The smallest absolute Gasteiger partial charge is 0.171 e. The van der Waals surface area contributed by atoms with Gasteiger partial charge in [-0.3, -0.25) is 4.40 Å². The van der Waals surface area contributed by atoms with Crippen LogP contribution in [0.1, 0.15) is 11.1 Å². The van der Waals surface area contributed by atoms with Crippen molar-refractivity contribution in [1.82, 2.24) is 14.6 Å². The van der Waals surface area contributed by atoms with Crippen LogP contribution in [0, 0.1) is 24.1 Å². The van der Waals surface area contributed by atoms with E-state index in [4.69, 9.17) is 5.26 Å². The Morgan fingerprint density at radius 2 is 2.05 bits per heavy atom. The summed E-state index contributed by atoms with van der Waals surface area (Å²) in [6.07, 6.45) is 1.60. The van der Waals surface area contributed by atoms with Crippen LogP contribution in [0.25, 0.3) is 17.0 Å². The predicted molar refractivity (Wildman–Crippen MR) is 67.8 cm³/mol. The number of benzene rings is 1. The molecular formula is C14H9FN4. The summed E-state index contributed by atoms with van der Waals surface area (Å²) >= 11 is 0. The standard InChI is InChI=1S/C14H9FN4/c1-9-3-2-4-11(13(9)15)14-18-17-12-6-5-10(7-16)8-19(12)14/h2-6,8H,1H3. The zero-order valence-corrected chi connectivity index (χ0v) is 10.1. The van der Waals surface area contributed by atoms with E-state index < -0.39 is 0 Å². The Kier molecular flexibility index (Phi) is 2.50. The van der Waals surface area contributed by atoms with E-state index in [1.807, 2.05) is 6.07 Å². The summed E-state index contributed by atoms with van der Waals surface area (Å²) in [5, 5.41) is 16.9.